The Hall–Kier alpha value is -2.84. The monoisotopic (exact) mass is 373 g/mol. The average molecular weight is 373 g/mol. The highest BCUT2D eigenvalue weighted by molar-refractivity contribution is 7.95. The maximum absolute atomic E-state index is 4.12. The van der Waals surface area contributed by atoms with Gasteiger partial charge in [-0.1, -0.05) is 59.8 Å². The number of aromatic amines is 1. The Balaban J connectivity index is 1.81. The van der Waals surface area contributed by atoms with Crippen molar-refractivity contribution in [3.63, 3.8) is 0 Å². The number of hydrogen-bond acceptors (Lipinski definition) is 3. The predicted octanol–water partition coefficient (Wildman–Crippen LogP) is 3.13. The molecule has 4 rings (SSSR count). The van der Waals surface area contributed by atoms with E-state index in [0.717, 1.165) is 24.8 Å². The van der Waals surface area contributed by atoms with Crippen molar-refractivity contribution in [1.82, 2.24) is 20.6 Å². The molecule has 0 aliphatic carbocycles. The Bertz CT molecular complexity index is 845. The second-order valence-electron chi connectivity index (χ2n) is 6.47. The fourth-order valence-electron chi connectivity index (χ4n) is 3.64. The van der Waals surface area contributed by atoms with Crippen LogP contribution in [0.2, 0.25) is 0 Å². The van der Waals surface area contributed by atoms with Crippen LogP contribution < -0.4 is 15.9 Å². The minimum absolute atomic E-state index is 0.780. The summed E-state index contributed by atoms with van der Waals surface area (Å²) < 4.78 is 0. The molecule has 134 valence electrons. The average Bonchev–Trinajstić information content (AvgIpc) is 3.27. The third kappa shape index (κ3) is 3.67. The zero-order valence-electron chi connectivity index (χ0n) is 15.1. The number of hydrogen-bond donors (Lipinski definition) is 1. The number of nitrogens with zero attached hydrogens (tertiary/aromatic N) is 3. The van der Waals surface area contributed by atoms with Crippen LogP contribution in [0, 0.1) is 0 Å². The topological polar surface area (TPSA) is 54.5 Å². The van der Waals surface area contributed by atoms with Crippen LogP contribution >= 0.6 is 7.26 Å². The Labute approximate surface area is 160 Å². The van der Waals surface area contributed by atoms with Gasteiger partial charge in [-0.25, -0.2) is 0 Å². The molecule has 4 nitrogen and oxygen atoms in total. The lowest BCUT2D eigenvalue weighted by molar-refractivity contribution is 0.844. The minimum Gasteiger partial charge on any atom is -0.177 e. The Kier molecular flexibility index (Phi) is 5.36. The molecule has 4 aromatic rings. The number of nitrogens with one attached hydrogen (secondary N) is 1. The van der Waals surface area contributed by atoms with Crippen LogP contribution in [0.25, 0.3) is 0 Å². The van der Waals surface area contributed by atoms with Crippen molar-refractivity contribution in [3.05, 3.63) is 96.8 Å². The molecule has 0 aliphatic heterocycles. The Morgan fingerprint density at radius 2 is 1.15 bits per heavy atom. The van der Waals surface area contributed by atoms with E-state index >= 15 is 0 Å². The molecule has 0 unspecified atom stereocenters. The summed E-state index contributed by atoms with van der Waals surface area (Å²) in [5, 5.41) is 18.7. The van der Waals surface area contributed by atoms with Gasteiger partial charge in [-0.2, -0.15) is 5.21 Å². The number of benzene rings is 3. The number of aryl methyl sites for hydroxylation is 1. The van der Waals surface area contributed by atoms with Crippen LogP contribution in [0.3, 0.4) is 0 Å². The standard InChI is InChI=1S/C22H22N4P/c1-4-11-19(12-5-1)27(20-13-6-2-7-14-20,21-15-8-3-9-16-21)18-10-17-22-23-25-26-24-22/h1-9,11-16H,10,17-18H2,(H,23,24,25,26)/q+1. The van der Waals surface area contributed by atoms with Gasteiger partial charge < -0.3 is 0 Å². The zero-order valence-corrected chi connectivity index (χ0v) is 16.0. The van der Waals surface area contributed by atoms with Crippen LogP contribution in [0.1, 0.15) is 12.2 Å². The highest BCUT2D eigenvalue weighted by atomic mass is 31.2. The van der Waals surface area contributed by atoms with Crippen molar-refractivity contribution < 1.29 is 0 Å². The number of tetrazole rings is 1. The molecule has 0 spiro atoms. The van der Waals surface area contributed by atoms with E-state index in [0.29, 0.717) is 0 Å². The quantitative estimate of drug-likeness (QED) is 0.507. The molecule has 3 aromatic carbocycles. The van der Waals surface area contributed by atoms with Gasteiger partial charge in [-0.15, -0.1) is 10.2 Å². The van der Waals surface area contributed by atoms with Gasteiger partial charge in [0.25, 0.3) is 0 Å². The molecule has 27 heavy (non-hydrogen) atoms. The maximum Gasteiger partial charge on any atom is 0.174 e. The van der Waals surface area contributed by atoms with Gasteiger partial charge in [0.2, 0.25) is 0 Å². The number of aromatic nitrogens is 4. The number of H-pyrrole nitrogens is 1. The predicted molar refractivity (Wildman–Crippen MR) is 113 cm³/mol. The normalized spacial score (nSPS) is 11.4. The molecule has 1 aromatic heterocycles. The molecular weight excluding hydrogens is 351 g/mol. The Morgan fingerprint density at radius 3 is 1.56 bits per heavy atom. The first-order valence-corrected chi connectivity index (χ1v) is 11.1. The van der Waals surface area contributed by atoms with Crippen molar-refractivity contribution in [2.75, 3.05) is 6.16 Å². The summed E-state index contributed by atoms with van der Waals surface area (Å²) in [6, 6.07) is 32.8. The molecule has 1 N–H and O–H groups in total. The van der Waals surface area contributed by atoms with Crippen LogP contribution in [-0.2, 0) is 6.42 Å². The summed E-state index contributed by atoms with van der Waals surface area (Å²) in [5.41, 5.74) is 0. The second kappa shape index (κ2) is 8.24. The second-order valence-corrected chi connectivity index (χ2v) is 10.1. The van der Waals surface area contributed by atoms with Crippen LogP contribution in [0.4, 0.5) is 0 Å². The first kappa shape index (κ1) is 17.6. The van der Waals surface area contributed by atoms with Crippen LogP contribution in [0.5, 0.6) is 0 Å². The van der Waals surface area contributed by atoms with E-state index in [2.05, 4.69) is 112 Å². The van der Waals surface area contributed by atoms with Gasteiger partial charge in [0.15, 0.2) is 5.82 Å². The highest BCUT2D eigenvalue weighted by Gasteiger charge is 2.44. The van der Waals surface area contributed by atoms with Gasteiger partial charge >= 0.3 is 0 Å². The van der Waals surface area contributed by atoms with Crippen molar-refractivity contribution in [1.29, 1.82) is 0 Å². The van der Waals surface area contributed by atoms with Gasteiger partial charge in [0.1, 0.15) is 23.2 Å². The Morgan fingerprint density at radius 1 is 0.667 bits per heavy atom. The van der Waals surface area contributed by atoms with E-state index in [1.807, 2.05) is 0 Å². The minimum atomic E-state index is -1.76. The highest BCUT2D eigenvalue weighted by Crippen LogP contribution is 2.55. The smallest absolute Gasteiger partial charge is 0.174 e. The molecule has 5 heteroatoms. The van der Waals surface area contributed by atoms with Gasteiger partial charge in [-0.3, -0.25) is 0 Å². The van der Waals surface area contributed by atoms with E-state index in [1.165, 1.54) is 15.9 Å². The fraction of sp³-hybridized carbons (Fsp3) is 0.136. The molecule has 0 bridgehead atoms. The molecule has 0 radical (unpaired) electrons. The molecule has 1 heterocycles. The summed E-state index contributed by atoms with van der Waals surface area (Å²) >= 11 is 0. The molecule has 0 atom stereocenters. The summed E-state index contributed by atoms with van der Waals surface area (Å²) in [6.07, 6.45) is 2.90. The van der Waals surface area contributed by atoms with Crippen molar-refractivity contribution in [2.24, 2.45) is 0 Å². The van der Waals surface area contributed by atoms with Crippen LogP contribution in [0.15, 0.2) is 91.0 Å². The summed E-state index contributed by atoms with van der Waals surface area (Å²) in [6.45, 7) is 0. The SMILES string of the molecule is c1ccc([P+](CCCc2nn[nH]n2)(c2ccccc2)c2ccccc2)cc1. The molecule has 0 aliphatic rings. The number of rotatable bonds is 7. The maximum atomic E-state index is 4.12. The fourth-order valence-corrected chi connectivity index (χ4v) is 7.99. The summed E-state index contributed by atoms with van der Waals surface area (Å²) in [7, 11) is -1.76. The largest absolute Gasteiger partial charge is 0.177 e. The van der Waals surface area contributed by atoms with Crippen molar-refractivity contribution in [3.8, 4) is 0 Å². The van der Waals surface area contributed by atoms with Crippen molar-refractivity contribution >= 4 is 23.2 Å². The van der Waals surface area contributed by atoms with Crippen molar-refractivity contribution in [2.45, 2.75) is 12.8 Å². The van der Waals surface area contributed by atoms with Crippen LogP contribution in [-0.4, -0.2) is 26.8 Å². The van der Waals surface area contributed by atoms with E-state index in [1.54, 1.807) is 0 Å². The molecule has 0 amide bonds. The summed E-state index contributed by atoms with van der Waals surface area (Å²) in [5.74, 6) is 0.780. The first-order valence-electron chi connectivity index (χ1n) is 9.17. The van der Waals surface area contributed by atoms with Gasteiger partial charge in [0.05, 0.1) is 6.16 Å². The molecule has 0 saturated heterocycles. The lowest BCUT2D eigenvalue weighted by atomic mass is 10.3. The molecular formula is C22H22N4P+. The molecule has 0 fully saturated rings. The third-order valence-electron chi connectivity index (χ3n) is 4.87. The lowest BCUT2D eigenvalue weighted by Gasteiger charge is -2.27. The van der Waals surface area contributed by atoms with E-state index in [9.17, 15) is 0 Å². The van der Waals surface area contributed by atoms with E-state index in [-0.39, 0.29) is 0 Å². The van der Waals surface area contributed by atoms with Gasteiger partial charge in [-0.05, 0) is 42.8 Å². The van der Waals surface area contributed by atoms with Gasteiger partial charge in [0, 0.05) is 6.42 Å². The third-order valence-corrected chi connectivity index (χ3v) is 9.40. The molecule has 0 saturated carbocycles. The lowest BCUT2D eigenvalue weighted by Crippen LogP contribution is -2.33. The first-order chi connectivity index (χ1) is 13.4. The summed E-state index contributed by atoms with van der Waals surface area (Å²) in [4.78, 5) is 0. The van der Waals surface area contributed by atoms with E-state index < -0.39 is 7.26 Å². The van der Waals surface area contributed by atoms with E-state index in [4.69, 9.17) is 0 Å². The zero-order chi connectivity index (χ0) is 18.4.